The molecule has 1 spiro atoms. The van der Waals surface area contributed by atoms with Crippen LogP contribution in [0.2, 0.25) is 0 Å². The summed E-state index contributed by atoms with van der Waals surface area (Å²) < 4.78 is 251. The van der Waals surface area contributed by atoms with Crippen LogP contribution in [0.3, 0.4) is 0 Å². The molecule has 1 atom stereocenters. The van der Waals surface area contributed by atoms with E-state index in [1.54, 1.807) is 13.8 Å². The minimum absolute atomic E-state index is 0.0815. The summed E-state index contributed by atoms with van der Waals surface area (Å²) in [5.41, 5.74) is -9.61. The summed E-state index contributed by atoms with van der Waals surface area (Å²) >= 11 is 0. The molecular weight excluding hydrogens is 711 g/mol. The van der Waals surface area contributed by atoms with Crippen molar-refractivity contribution in [2.24, 2.45) is 0 Å². The van der Waals surface area contributed by atoms with Crippen molar-refractivity contribution >= 4 is 17.1 Å². The van der Waals surface area contributed by atoms with E-state index in [0.717, 1.165) is 35.2 Å². The average Bonchev–Trinajstić information content (AvgIpc) is 1.48. The molecule has 9 aromatic carbocycles. The van der Waals surface area contributed by atoms with E-state index in [9.17, 15) is 20.6 Å². The third kappa shape index (κ3) is 4.79. The predicted octanol–water partition coefficient (Wildman–Crippen LogP) is 15.1. The Balaban J connectivity index is 1.26. The van der Waals surface area contributed by atoms with E-state index in [1.807, 2.05) is 0 Å². The third-order valence-electron chi connectivity index (χ3n) is 11.4. The van der Waals surface area contributed by atoms with Gasteiger partial charge in [-0.1, -0.05) is 183 Å². The standard InChI is InChI=1S/C58H41N/c1-57(2)51-23-10-6-19-45(51)49-33-29-41(36-55(49)57)40-17-14-18-43(35-40)59(42-30-27-39(28-31-42)38-15-4-3-5-16-38)44-32-34-50-48-22-9-13-26-54(48)58(56(50)37-44)52-24-11-7-20-46(52)47-21-8-12-25-53(47)58/h3-37H,1-2H3/i3D,4D,5D,7D,8D,9D,10D,11D,12D,13D,14D,15D,17D,20D,21D,22D,23D,24D,27D,29D,30D,32D,33D,34D,35D,36D,37D. The van der Waals surface area contributed by atoms with Crippen molar-refractivity contribution in [3.63, 3.8) is 0 Å². The molecule has 3 aliphatic rings. The Bertz CT molecular complexity index is 4710. The van der Waals surface area contributed by atoms with Gasteiger partial charge in [-0.2, -0.15) is 0 Å². The average molecular weight is 779 g/mol. The topological polar surface area (TPSA) is 3.24 Å². The zero-order valence-corrected chi connectivity index (χ0v) is 31.1. The molecule has 0 radical (unpaired) electrons. The lowest BCUT2D eigenvalue weighted by molar-refractivity contribution is 0.660. The van der Waals surface area contributed by atoms with Crippen molar-refractivity contribution in [1.82, 2.24) is 0 Å². The van der Waals surface area contributed by atoms with Crippen LogP contribution in [0.4, 0.5) is 17.1 Å². The van der Waals surface area contributed by atoms with Crippen LogP contribution in [-0.4, -0.2) is 0 Å². The Morgan fingerprint density at radius 1 is 0.339 bits per heavy atom. The van der Waals surface area contributed by atoms with Crippen LogP contribution in [0.5, 0.6) is 0 Å². The van der Waals surface area contributed by atoms with Gasteiger partial charge >= 0.3 is 0 Å². The number of fused-ring (bicyclic) bond motifs is 13. The normalized spacial score (nSPS) is 22.2. The third-order valence-corrected chi connectivity index (χ3v) is 11.4. The van der Waals surface area contributed by atoms with Gasteiger partial charge in [-0.15, -0.1) is 0 Å². The van der Waals surface area contributed by atoms with Crippen LogP contribution in [0, 0.1) is 0 Å². The van der Waals surface area contributed by atoms with E-state index in [-0.39, 0.29) is 67.7 Å². The Kier molecular flexibility index (Phi) is 3.55. The highest BCUT2D eigenvalue weighted by Gasteiger charge is 2.51. The number of hydrogen-bond donors (Lipinski definition) is 0. The zero-order valence-electron chi connectivity index (χ0n) is 58.1. The van der Waals surface area contributed by atoms with Crippen molar-refractivity contribution in [3.8, 4) is 55.6 Å². The summed E-state index contributed by atoms with van der Waals surface area (Å²) in [6, 6.07) is -9.16. The second-order valence-corrected chi connectivity index (χ2v) is 14.7. The molecule has 59 heavy (non-hydrogen) atoms. The molecular formula is C58H41N. The van der Waals surface area contributed by atoms with Crippen molar-refractivity contribution < 1.29 is 37.0 Å². The van der Waals surface area contributed by atoms with Gasteiger partial charge in [0.25, 0.3) is 0 Å². The zero-order chi connectivity index (χ0) is 62.8. The van der Waals surface area contributed by atoms with Gasteiger partial charge in [-0.25, -0.2) is 0 Å². The molecule has 0 fully saturated rings. The maximum Gasteiger partial charge on any atom is 0.0726 e. The maximum atomic E-state index is 10.7. The first-order valence-corrected chi connectivity index (χ1v) is 18.6. The highest BCUT2D eigenvalue weighted by molar-refractivity contribution is 5.96. The largest absolute Gasteiger partial charge is 0.310 e. The van der Waals surface area contributed by atoms with Gasteiger partial charge in [0.1, 0.15) is 0 Å². The fourth-order valence-electron chi connectivity index (χ4n) is 8.74. The highest BCUT2D eigenvalue weighted by Crippen LogP contribution is 2.63. The fraction of sp³-hybridized carbons (Fsp3) is 0.0690. The summed E-state index contributed by atoms with van der Waals surface area (Å²) in [6.07, 6.45) is 0. The molecule has 0 bridgehead atoms. The molecule has 0 saturated heterocycles. The lowest BCUT2D eigenvalue weighted by atomic mass is 9.70. The minimum atomic E-state index is -2.49. The quantitative estimate of drug-likeness (QED) is 0.168. The number of benzene rings is 9. The predicted molar refractivity (Wildman–Crippen MR) is 246 cm³/mol. The van der Waals surface area contributed by atoms with Gasteiger partial charge in [0.15, 0.2) is 0 Å². The maximum absolute atomic E-state index is 10.7. The van der Waals surface area contributed by atoms with Gasteiger partial charge in [-0.05, 0) is 131 Å². The first-order valence-electron chi connectivity index (χ1n) is 32.1. The van der Waals surface area contributed by atoms with E-state index in [2.05, 4.69) is 0 Å². The number of nitrogens with zero attached hydrogens (tertiary/aromatic N) is 1. The van der Waals surface area contributed by atoms with Crippen LogP contribution >= 0.6 is 0 Å². The summed E-state index contributed by atoms with van der Waals surface area (Å²) in [4.78, 5) is 0.848. The molecule has 0 aromatic heterocycles. The van der Waals surface area contributed by atoms with Gasteiger partial charge in [0, 0.05) is 22.5 Å². The Morgan fingerprint density at radius 2 is 0.949 bits per heavy atom. The Morgan fingerprint density at radius 3 is 1.80 bits per heavy atom. The van der Waals surface area contributed by atoms with E-state index >= 15 is 0 Å². The SMILES string of the molecule is [2H]c1cc(-c2ccc(N(c3cc([2H])c([2H])c(-c4c([2H])c([2H])c5c(c4[2H])C(C)(C)c4c-5ccc([2H])c4[2H])c3[2H])c3c([2H])c([2H])c4c(c3[2H])C3(c5cc([2H])c([2H])c([2H])c5-c5c([2H])c([2H])c([2H])c([2H])c53)c3cc([2H])c([2H])c([2H])c3-4)c([2H])c2[2H])c([2H])c([2H])c1[2H]. The second kappa shape index (κ2) is 12.6. The molecule has 1 heteroatoms. The molecule has 0 heterocycles. The van der Waals surface area contributed by atoms with Crippen molar-refractivity contribution in [1.29, 1.82) is 0 Å². The van der Waals surface area contributed by atoms with Crippen LogP contribution in [0.25, 0.3) is 55.6 Å². The van der Waals surface area contributed by atoms with Crippen molar-refractivity contribution in [3.05, 3.63) is 245 Å². The molecule has 278 valence electrons. The number of anilines is 3. The molecule has 1 unspecified atom stereocenters. The van der Waals surface area contributed by atoms with E-state index < -0.39 is 207 Å². The smallest absolute Gasteiger partial charge is 0.0726 e. The van der Waals surface area contributed by atoms with E-state index in [0.29, 0.717) is 5.56 Å². The Hall–Kier alpha value is -7.22. The molecule has 0 saturated carbocycles. The molecule has 0 aliphatic heterocycles. The van der Waals surface area contributed by atoms with Crippen molar-refractivity contribution in [2.75, 3.05) is 4.90 Å². The van der Waals surface area contributed by atoms with Gasteiger partial charge in [0.05, 0.1) is 42.4 Å². The summed E-state index contributed by atoms with van der Waals surface area (Å²) in [5.74, 6) is 0. The van der Waals surface area contributed by atoms with Crippen molar-refractivity contribution in [2.45, 2.75) is 24.7 Å². The molecule has 9 aromatic rings. The van der Waals surface area contributed by atoms with Crippen LogP contribution in [0.1, 0.15) is 84.2 Å². The number of rotatable bonds is 5. The van der Waals surface area contributed by atoms with Crippen LogP contribution < -0.4 is 4.90 Å². The Labute approximate surface area is 384 Å². The summed E-state index contributed by atoms with van der Waals surface area (Å²) in [6.45, 7) is 3.29. The van der Waals surface area contributed by atoms with Crippen LogP contribution in [-0.2, 0) is 10.8 Å². The molecule has 0 amide bonds. The molecule has 0 N–H and O–H groups in total. The molecule has 3 aliphatic carbocycles. The van der Waals surface area contributed by atoms with Gasteiger partial charge in [0.2, 0.25) is 0 Å². The molecule has 12 rings (SSSR count). The summed E-state index contributed by atoms with van der Waals surface area (Å²) in [5, 5.41) is 0. The van der Waals surface area contributed by atoms with Gasteiger partial charge in [-0.3, -0.25) is 0 Å². The lowest BCUT2D eigenvalue weighted by Gasteiger charge is -2.32. The minimum Gasteiger partial charge on any atom is -0.310 e. The lowest BCUT2D eigenvalue weighted by Crippen LogP contribution is -2.26. The fourth-order valence-corrected chi connectivity index (χ4v) is 8.74. The first kappa shape index (κ1) is 16.6. The van der Waals surface area contributed by atoms with Gasteiger partial charge < -0.3 is 4.90 Å². The number of hydrogen-bond acceptors (Lipinski definition) is 1. The molecule has 1 nitrogen and oxygen atoms in total. The second-order valence-electron chi connectivity index (χ2n) is 14.7. The highest BCUT2D eigenvalue weighted by atomic mass is 15.1. The van der Waals surface area contributed by atoms with E-state index in [4.69, 9.17) is 16.4 Å². The monoisotopic (exact) mass is 778 g/mol. The summed E-state index contributed by atoms with van der Waals surface area (Å²) in [7, 11) is 0. The first-order chi connectivity index (χ1) is 40.2. The van der Waals surface area contributed by atoms with Crippen LogP contribution in [0.15, 0.2) is 212 Å². The van der Waals surface area contributed by atoms with E-state index in [1.165, 1.54) is 18.2 Å².